The maximum Gasteiger partial charge on any atom is 0.0459 e. The van der Waals surface area contributed by atoms with Gasteiger partial charge in [-0.3, -0.25) is 0 Å². The Morgan fingerprint density at radius 1 is 1.50 bits per heavy atom. The molecule has 60 valence electrons. The zero-order chi connectivity index (χ0) is 7.82. The highest BCUT2D eigenvalue weighted by Crippen LogP contribution is 2.12. The summed E-state index contributed by atoms with van der Waals surface area (Å²) in [6, 6.07) is 0. The van der Waals surface area contributed by atoms with Crippen LogP contribution in [0.3, 0.4) is 0 Å². The van der Waals surface area contributed by atoms with E-state index in [-0.39, 0.29) is 0 Å². The highest BCUT2D eigenvalue weighted by molar-refractivity contribution is 4.69. The van der Waals surface area contributed by atoms with Crippen LogP contribution in [0, 0.1) is 5.92 Å². The van der Waals surface area contributed by atoms with Gasteiger partial charge in [0, 0.05) is 6.61 Å². The number of aliphatic hydroxyl groups is 1. The summed E-state index contributed by atoms with van der Waals surface area (Å²) in [5.74, 6) is 0.503. The van der Waals surface area contributed by atoms with Crippen LogP contribution in [0.15, 0.2) is 12.7 Å². The summed E-state index contributed by atoms with van der Waals surface area (Å²) in [6.45, 7) is 6.13. The van der Waals surface area contributed by atoms with Crippen molar-refractivity contribution < 1.29 is 5.11 Å². The standard InChI is InChI=1S/C9H18O/c1-3-5-7-9(8-10)6-4-2/h3,9-10H,1,4-8H2,2H3. The Hall–Kier alpha value is -0.300. The van der Waals surface area contributed by atoms with E-state index in [2.05, 4.69) is 13.5 Å². The first kappa shape index (κ1) is 9.70. The van der Waals surface area contributed by atoms with Crippen molar-refractivity contribution in [1.29, 1.82) is 0 Å². The molecule has 0 aromatic rings. The van der Waals surface area contributed by atoms with Gasteiger partial charge >= 0.3 is 0 Å². The van der Waals surface area contributed by atoms with Crippen molar-refractivity contribution in [2.75, 3.05) is 6.61 Å². The molecule has 0 amide bonds. The van der Waals surface area contributed by atoms with E-state index in [0.717, 1.165) is 19.3 Å². The van der Waals surface area contributed by atoms with Gasteiger partial charge < -0.3 is 5.11 Å². The number of rotatable bonds is 6. The SMILES string of the molecule is C=CCCC(CO)CCC. The molecular formula is C9H18O. The largest absolute Gasteiger partial charge is 0.396 e. The minimum Gasteiger partial charge on any atom is -0.396 e. The predicted octanol–water partition coefficient (Wildman–Crippen LogP) is 2.36. The van der Waals surface area contributed by atoms with Crippen LogP contribution in [0.25, 0.3) is 0 Å². The van der Waals surface area contributed by atoms with Crippen molar-refractivity contribution in [1.82, 2.24) is 0 Å². The molecule has 0 radical (unpaired) electrons. The van der Waals surface area contributed by atoms with Gasteiger partial charge in [0.15, 0.2) is 0 Å². The number of hydrogen-bond acceptors (Lipinski definition) is 1. The highest BCUT2D eigenvalue weighted by Gasteiger charge is 2.03. The maximum absolute atomic E-state index is 8.85. The van der Waals surface area contributed by atoms with Crippen LogP contribution in [0.2, 0.25) is 0 Å². The molecule has 0 saturated carbocycles. The van der Waals surface area contributed by atoms with Crippen molar-refractivity contribution in [3.63, 3.8) is 0 Å². The number of allylic oxidation sites excluding steroid dienone is 1. The van der Waals surface area contributed by atoms with Crippen molar-refractivity contribution in [2.45, 2.75) is 32.6 Å². The Kier molecular flexibility index (Phi) is 6.61. The molecule has 1 N–H and O–H groups in total. The van der Waals surface area contributed by atoms with Crippen LogP contribution in [0.1, 0.15) is 32.6 Å². The first-order valence-electron chi connectivity index (χ1n) is 4.06. The molecule has 1 heteroatoms. The summed E-state index contributed by atoms with van der Waals surface area (Å²) < 4.78 is 0. The molecular weight excluding hydrogens is 124 g/mol. The minimum absolute atomic E-state index is 0.335. The smallest absolute Gasteiger partial charge is 0.0459 e. The van der Waals surface area contributed by atoms with Gasteiger partial charge in [0.25, 0.3) is 0 Å². The van der Waals surface area contributed by atoms with E-state index >= 15 is 0 Å². The van der Waals surface area contributed by atoms with E-state index in [0.29, 0.717) is 12.5 Å². The summed E-state index contributed by atoms with van der Waals surface area (Å²) in [5, 5.41) is 8.85. The Morgan fingerprint density at radius 2 is 2.20 bits per heavy atom. The second-order valence-corrected chi connectivity index (χ2v) is 2.70. The van der Waals surface area contributed by atoms with Crippen LogP contribution < -0.4 is 0 Å². The van der Waals surface area contributed by atoms with Crippen molar-refractivity contribution >= 4 is 0 Å². The molecule has 0 rings (SSSR count). The second kappa shape index (κ2) is 6.81. The number of hydrogen-bond donors (Lipinski definition) is 1. The van der Waals surface area contributed by atoms with Crippen LogP contribution in [0.5, 0.6) is 0 Å². The summed E-state index contributed by atoms with van der Waals surface area (Å²) in [5.41, 5.74) is 0. The fourth-order valence-corrected chi connectivity index (χ4v) is 1.09. The van der Waals surface area contributed by atoms with Crippen LogP contribution in [-0.2, 0) is 0 Å². The van der Waals surface area contributed by atoms with Gasteiger partial charge in [-0.2, -0.15) is 0 Å². The Bertz CT molecular complexity index is 78.8. The zero-order valence-corrected chi connectivity index (χ0v) is 6.84. The third-order valence-electron chi connectivity index (χ3n) is 1.73. The van der Waals surface area contributed by atoms with E-state index in [1.807, 2.05) is 6.08 Å². The van der Waals surface area contributed by atoms with E-state index in [1.54, 1.807) is 0 Å². The van der Waals surface area contributed by atoms with Crippen molar-refractivity contribution in [3.8, 4) is 0 Å². The molecule has 0 aliphatic rings. The van der Waals surface area contributed by atoms with Crippen LogP contribution in [0.4, 0.5) is 0 Å². The van der Waals surface area contributed by atoms with Gasteiger partial charge in [-0.05, 0) is 25.2 Å². The molecule has 10 heavy (non-hydrogen) atoms. The van der Waals surface area contributed by atoms with Crippen molar-refractivity contribution in [2.24, 2.45) is 5.92 Å². The molecule has 0 aliphatic carbocycles. The molecule has 0 aromatic carbocycles. The Balaban J connectivity index is 3.29. The zero-order valence-electron chi connectivity index (χ0n) is 6.84. The van der Waals surface area contributed by atoms with Gasteiger partial charge in [-0.1, -0.05) is 19.4 Å². The topological polar surface area (TPSA) is 20.2 Å². The Labute approximate surface area is 63.8 Å². The predicted molar refractivity (Wildman–Crippen MR) is 44.9 cm³/mol. The molecule has 0 saturated heterocycles. The highest BCUT2D eigenvalue weighted by atomic mass is 16.3. The van der Waals surface area contributed by atoms with Gasteiger partial charge in [-0.15, -0.1) is 6.58 Å². The molecule has 0 aromatic heterocycles. The number of aliphatic hydroxyl groups excluding tert-OH is 1. The van der Waals surface area contributed by atoms with Gasteiger partial charge in [0.1, 0.15) is 0 Å². The van der Waals surface area contributed by atoms with Crippen LogP contribution >= 0.6 is 0 Å². The van der Waals surface area contributed by atoms with Gasteiger partial charge in [0.05, 0.1) is 0 Å². The van der Waals surface area contributed by atoms with Gasteiger partial charge in [-0.25, -0.2) is 0 Å². The molecule has 1 atom stereocenters. The normalized spacial score (nSPS) is 13.0. The third kappa shape index (κ3) is 4.57. The lowest BCUT2D eigenvalue weighted by Gasteiger charge is -2.10. The quantitative estimate of drug-likeness (QED) is 0.564. The summed E-state index contributed by atoms with van der Waals surface area (Å²) in [6.07, 6.45) is 6.35. The lowest BCUT2D eigenvalue weighted by molar-refractivity contribution is 0.210. The molecule has 0 bridgehead atoms. The maximum atomic E-state index is 8.85. The monoisotopic (exact) mass is 142 g/mol. The third-order valence-corrected chi connectivity index (χ3v) is 1.73. The molecule has 0 spiro atoms. The van der Waals surface area contributed by atoms with Gasteiger partial charge in [0.2, 0.25) is 0 Å². The summed E-state index contributed by atoms with van der Waals surface area (Å²) >= 11 is 0. The average Bonchev–Trinajstić information content (AvgIpc) is 1.98. The molecule has 1 nitrogen and oxygen atoms in total. The fraction of sp³-hybridized carbons (Fsp3) is 0.778. The minimum atomic E-state index is 0.335. The first-order valence-corrected chi connectivity index (χ1v) is 4.06. The molecule has 0 aliphatic heterocycles. The van der Waals surface area contributed by atoms with E-state index in [9.17, 15) is 0 Å². The van der Waals surface area contributed by atoms with E-state index in [1.165, 1.54) is 6.42 Å². The summed E-state index contributed by atoms with van der Waals surface area (Å²) in [4.78, 5) is 0. The lowest BCUT2D eigenvalue weighted by Crippen LogP contribution is -2.04. The Morgan fingerprint density at radius 3 is 2.60 bits per heavy atom. The molecule has 0 heterocycles. The second-order valence-electron chi connectivity index (χ2n) is 2.70. The lowest BCUT2D eigenvalue weighted by atomic mass is 9.99. The molecule has 0 fully saturated rings. The fourth-order valence-electron chi connectivity index (χ4n) is 1.09. The average molecular weight is 142 g/mol. The van der Waals surface area contributed by atoms with E-state index < -0.39 is 0 Å². The van der Waals surface area contributed by atoms with Crippen molar-refractivity contribution in [3.05, 3.63) is 12.7 Å². The first-order chi connectivity index (χ1) is 4.85. The van der Waals surface area contributed by atoms with E-state index in [4.69, 9.17) is 5.11 Å². The summed E-state index contributed by atoms with van der Waals surface area (Å²) in [7, 11) is 0. The van der Waals surface area contributed by atoms with Crippen LogP contribution in [-0.4, -0.2) is 11.7 Å². The molecule has 1 unspecified atom stereocenters.